The Hall–Kier alpha value is -2.08. The number of nitro groups is 1. The Kier molecular flexibility index (Phi) is 4.01. The lowest BCUT2D eigenvalue weighted by Crippen LogP contribution is -2.23. The van der Waals surface area contributed by atoms with Crippen LogP contribution in [-0.2, 0) is 6.42 Å². The summed E-state index contributed by atoms with van der Waals surface area (Å²) in [6, 6.07) is 4.63. The number of benzene rings is 1. The van der Waals surface area contributed by atoms with Crippen molar-refractivity contribution < 1.29 is 4.92 Å². The van der Waals surface area contributed by atoms with Crippen LogP contribution in [0, 0.1) is 10.1 Å². The van der Waals surface area contributed by atoms with Gasteiger partial charge in [-0.3, -0.25) is 10.1 Å². The molecule has 6 heteroatoms. The maximum Gasteiger partial charge on any atom is 0.270 e. The van der Waals surface area contributed by atoms with E-state index < -0.39 is 4.92 Å². The number of nitro benzene ring substituents is 1. The first-order valence-electron chi connectivity index (χ1n) is 6.25. The molecule has 0 saturated carbocycles. The van der Waals surface area contributed by atoms with Crippen molar-refractivity contribution in [3.05, 3.63) is 40.3 Å². The zero-order chi connectivity index (χ0) is 13.8. The van der Waals surface area contributed by atoms with Gasteiger partial charge in [0, 0.05) is 30.0 Å². The molecular formula is C13H16N4O2. The van der Waals surface area contributed by atoms with Crippen molar-refractivity contribution in [2.24, 2.45) is 5.73 Å². The summed E-state index contributed by atoms with van der Waals surface area (Å²) in [6.45, 7) is 2.07. The molecule has 0 spiro atoms. The van der Waals surface area contributed by atoms with E-state index in [0.29, 0.717) is 17.3 Å². The second-order valence-electron chi connectivity index (χ2n) is 4.53. The number of hydrogen-bond acceptors (Lipinski definition) is 5. The predicted octanol–water partition coefficient (Wildman–Crippen LogP) is 2.21. The van der Waals surface area contributed by atoms with Crippen LogP contribution < -0.4 is 5.73 Å². The molecule has 6 nitrogen and oxygen atoms in total. The number of aromatic nitrogens is 2. The summed E-state index contributed by atoms with van der Waals surface area (Å²) in [5, 5.41) is 11.5. The topological polar surface area (TPSA) is 94.9 Å². The second kappa shape index (κ2) is 5.71. The van der Waals surface area contributed by atoms with Crippen molar-refractivity contribution in [2.75, 3.05) is 0 Å². The summed E-state index contributed by atoms with van der Waals surface area (Å²) < 4.78 is 0. The van der Waals surface area contributed by atoms with Crippen molar-refractivity contribution in [2.45, 2.75) is 32.2 Å². The van der Waals surface area contributed by atoms with Crippen LogP contribution >= 0.6 is 0 Å². The minimum absolute atomic E-state index is 0.0161. The first kappa shape index (κ1) is 13.4. The van der Waals surface area contributed by atoms with Crippen molar-refractivity contribution in [1.29, 1.82) is 0 Å². The lowest BCUT2D eigenvalue weighted by molar-refractivity contribution is -0.384. The van der Waals surface area contributed by atoms with Gasteiger partial charge in [0.2, 0.25) is 0 Å². The molecule has 0 aliphatic rings. The molecule has 0 radical (unpaired) electrons. The summed E-state index contributed by atoms with van der Waals surface area (Å²) in [4.78, 5) is 18.7. The average molecular weight is 260 g/mol. The SMILES string of the molecule is CCCC(N)Cc1ncnc2ccc([N+](=O)[O-])cc12. The van der Waals surface area contributed by atoms with Crippen LogP contribution in [0.1, 0.15) is 25.5 Å². The fourth-order valence-electron chi connectivity index (χ4n) is 2.10. The van der Waals surface area contributed by atoms with Crippen LogP contribution in [0.25, 0.3) is 10.9 Å². The fraction of sp³-hybridized carbons (Fsp3) is 0.385. The maximum absolute atomic E-state index is 10.8. The fourth-order valence-corrected chi connectivity index (χ4v) is 2.10. The molecule has 0 aliphatic heterocycles. The number of nitrogens with zero attached hydrogens (tertiary/aromatic N) is 3. The smallest absolute Gasteiger partial charge is 0.270 e. The zero-order valence-electron chi connectivity index (χ0n) is 10.7. The van der Waals surface area contributed by atoms with Crippen LogP contribution in [0.15, 0.2) is 24.5 Å². The Bertz CT molecular complexity index is 600. The minimum atomic E-state index is -0.414. The Balaban J connectivity index is 2.42. The Morgan fingerprint density at radius 1 is 1.42 bits per heavy atom. The molecule has 0 fully saturated rings. The molecule has 0 saturated heterocycles. The summed E-state index contributed by atoms with van der Waals surface area (Å²) in [7, 11) is 0. The van der Waals surface area contributed by atoms with Gasteiger partial charge in [0.05, 0.1) is 16.1 Å². The number of nitrogens with two attached hydrogens (primary N) is 1. The van der Waals surface area contributed by atoms with Gasteiger partial charge in [-0.15, -0.1) is 0 Å². The molecule has 0 bridgehead atoms. The number of hydrogen-bond donors (Lipinski definition) is 1. The molecule has 2 aromatic rings. The predicted molar refractivity (Wildman–Crippen MR) is 72.8 cm³/mol. The molecule has 2 rings (SSSR count). The standard InChI is InChI=1S/C13H16N4O2/c1-2-3-9(14)6-13-11-7-10(17(18)19)4-5-12(11)15-8-16-13/h4-5,7-9H,2-3,6,14H2,1H3. The Morgan fingerprint density at radius 3 is 2.89 bits per heavy atom. The molecule has 1 aromatic carbocycles. The van der Waals surface area contributed by atoms with Gasteiger partial charge in [0.25, 0.3) is 5.69 Å². The third-order valence-corrected chi connectivity index (χ3v) is 3.03. The van der Waals surface area contributed by atoms with E-state index in [4.69, 9.17) is 5.73 Å². The van der Waals surface area contributed by atoms with E-state index in [1.165, 1.54) is 18.5 Å². The number of rotatable bonds is 5. The number of non-ortho nitro benzene ring substituents is 1. The van der Waals surface area contributed by atoms with Gasteiger partial charge in [0.15, 0.2) is 0 Å². The van der Waals surface area contributed by atoms with Crippen LogP contribution in [-0.4, -0.2) is 20.9 Å². The van der Waals surface area contributed by atoms with E-state index in [9.17, 15) is 10.1 Å². The third-order valence-electron chi connectivity index (χ3n) is 3.03. The molecule has 2 N–H and O–H groups in total. The molecule has 19 heavy (non-hydrogen) atoms. The van der Waals surface area contributed by atoms with E-state index in [0.717, 1.165) is 18.5 Å². The normalized spacial score (nSPS) is 12.5. The van der Waals surface area contributed by atoms with Gasteiger partial charge in [-0.25, -0.2) is 9.97 Å². The highest BCUT2D eigenvalue weighted by molar-refractivity contribution is 5.83. The molecule has 100 valence electrons. The first-order valence-corrected chi connectivity index (χ1v) is 6.25. The van der Waals surface area contributed by atoms with E-state index >= 15 is 0 Å². The van der Waals surface area contributed by atoms with Crippen LogP contribution in [0.4, 0.5) is 5.69 Å². The van der Waals surface area contributed by atoms with Gasteiger partial charge in [-0.05, 0) is 12.5 Å². The van der Waals surface area contributed by atoms with Crippen molar-refractivity contribution >= 4 is 16.6 Å². The molecule has 1 heterocycles. The summed E-state index contributed by atoms with van der Waals surface area (Å²) in [5.41, 5.74) is 7.54. The largest absolute Gasteiger partial charge is 0.327 e. The summed E-state index contributed by atoms with van der Waals surface area (Å²) in [6.07, 6.45) is 3.99. The molecule has 0 amide bonds. The highest BCUT2D eigenvalue weighted by Gasteiger charge is 2.12. The van der Waals surface area contributed by atoms with Crippen molar-refractivity contribution in [3.63, 3.8) is 0 Å². The highest BCUT2D eigenvalue weighted by Crippen LogP contribution is 2.22. The van der Waals surface area contributed by atoms with E-state index in [-0.39, 0.29) is 11.7 Å². The summed E-state index contributed by atoms with van der Waals surface area (Å²) in [5.74, 6) is 0. The Labute approximate surface area is 110 Å². The van der Waals surface area contributed by atoms with Crippen LogP contribution in [0.5, 0.6) is 0 Å². The van der Waals surface area contributed by atoms with Gasteiger partial charge in [0.1, 0.15) is 6.33 Å². The highest BCUT2D eigenvalue weighted by atomic mass is 16.6. The first-order chi connectivity index (χ1) is 9.11. The van der Waals surface area contributed by atoms with Gasteiger partial charge < -0.3 is 5.73 Å². The lowest BCUT2D eigenvalue weighted by atomic mass is 10.0. The van der Waals surface area contributed by atoms with E-state index in [2.05, 4.69) is 16.9 Å². The van der Waals surface area contributed by atoms with Crippen LogP contribution in [0.3, 0.4) is 0 Å². The lowest BCUT2D eigenvalue weighted by Gasteiger charge is -2.11. The molecular weight excluding hydrogens is 244 g/mol. The Morgan fingerprint density at radius 2 is 2.21 bits per heavy atom. The second-order valence-corrected chi connectivity index (χ2v) is 4.53. The zero-order valence-corrected chi connectivity index (χ0v) is 10.7. The monoisotopic (exact) mass is 260 g/mol. The van der Waals surface area contributed by atoms with Crippen molar-refractivity contribution in [3.8, 4) is 0 Å². The molecule has 1 unspecified atom stereocenters. The van der Waals surface area contributed by atoms with E-state index in [1.54, 1.807) is 6.07 Å². The minimum Gasteiger partial charge on any atom is -0.327 e. The maximum atomic E-state index is 10.8. The van der Waals surface area contributed by atoms with Crippen LogP contribution in [0.2, 0.25) is 0 Å². The molecule has 1 atom stereocenters. The van der Waals surface area contributed by atoms with Gasteiger partial charge >= 0.3 is 0 Å². The quantitative estimate of drug-likeness (QED) is 0.656. The molecule has 1 aromatic heterocycles. The number of fused-ring (bicyclic) bond motifs is 1. The molecule has 0 aliphatic carbocycles. The van der Waals surface area contributed by atoms with Gasteiger partial charge in [-0.1, -0.05) is 13.3 Å². The third kappa shape index (κ3) is 3.03. The average Bonchev–Trinajstić information content (AvgIpc) is 2.38. The van der Waals surface area contributed by atoms with Gasteiger partial charge in [-0.2, -0.15) is 0 Å². The van der Waals surface area contributed by atoms with E-state index in [1.807, 2.05) is 0 Å². The summed E-state index contributed by atoms with van der Waals surface area (Å²) >= 11 is 0. The van der Waals surface area contributed by atoms with Crippen molar-refractivity contribution in [1.82, 2.24) is 9.97 Å².